The Morgan fingerprint density at radius 3 is 1.13 bits per heavy atom. The van der Waals surface area contributed by atoms with Gasteiger partial charge in [0, 0.05) is 39.4 Å². The molecule has 5 nitrogen and oxygen atoms in total. The predicted molar refractivity (Wildman–Crippen MR) is 155 cm³/mol. The van der Waals surface area contributed by atoms with Crippen molar-refractivity contribution in [2.24, 2.45) is 0 Å². The van der Waals surface area contributed by atoms with Gasteiger partial charge in [-0.25, -0.2) is 0 Å². The molecular formula is C25H76N2O3. The van der Waals surface area contributed by atoms with Gasteiger partial charge in [0.2, 0.25) is 0 Å². The summed E-state index contributed by atoms with van der Waals surface area (Å²) in [6, 6.07) is 0. The summed E-state index contributed by atoms with van der Waals surface area (Å²) in [6.07, 6.45) is 6.87. The van der Waals surface area contributed by atoms with E-state index in [1.807, 2.05) is 0 Å². The van der Waals surface area contributed by atoms with Gasteiger partial charge in [-0.1, -0.05) is 102 Å². The van der Waals surface area contributed by atoms with E-state index in [2.05, 4.69) is 22.6 Å². The van der Waals surface area contributed by atoms with Crippen molar-refractivity contribution in [1.29, 1.82) is 0 Å². The van der Waals surface area contributed by atoms with Gasteiger partial charge in [-0.15, -0.1) is 6.42 Å². The van der Waals surface area contributed by atoms with Gasteiger partial charge in [0.05, 0.1) is 6.54 Å². The summed E-state index contributed by atoms with van der Waals surface area (Å²) in [6.45, 7) is 7.82. The molecule has 0 aliphatic rings. The van der Waals surface area contributed by atoms with E-state index in [1.165, 1.54) is 0 Å². The Balaban J connectivity index is -0.0000000164. The van der Waals surface area contributed by atoms with Crippen molar-refractivity contribution in [1.82, 2.24) is 9.80 Å². The fourth-order valence-corrected chi connectivity index (χ4v) is 1.68. The minimum Gasteiger partial charge on any atom is -0.412 e. The summed E-state index contributed by atoms with van der Waals surface area (Å²) in [5.41, 5.74) is 0. The average Bonchev–Trinajstić information content (AvgIpc) is 2.36. The van der Waals surface area contributed by atoms with Gasteiger partial charge in [-0.3, -0.25) is 4.90 Å². The minimum atomic E-state index is 0. The van der Waals surface area contributed by atoms with Crippen LogP contribution in [0.4, 0.5) is 0 Å². The summed E-state index contributed by atoms with van der Waals surface area (Å²) in [5, 5.41) is 17.7. The van der Waals surface area contributed by atoms with E-state index in [1.54, 1.807) is 0 Å². The van der Waals surface area contributed by atoms with E-state index in [4.69, 9.17) is 16.6 Å². The Kier molecular flexibility index (Phi) is 265. The third-order valence-corrected chi connectivity index (χ3v) is 2.76. The van der Waals surface area contributed by atoms with Crippen molar-refractivity contribution in [2.75, 3.05) is 52.5 Å². The molecule has 0 aromatic heterocycles. The molecule has 30 heavy (non-hydrogen) atoms. The lowest BCUT2D eigenvalue weighted by atomic mass is 10.3. The lowest BCUT2D eigenvalue weighted by molar-refractivity contribution is 0.181. The zero-order chi connectivity index (χ0) is 12.9. The minimum absolute atomic E-state index is 0. The molecule has 0 fully saturated rings. The number of aliphatic hydroxyl groups excluding tert-OH is 2. The molecule has 0 aromatic carbocycles. The van der Waals surface area contributed by atoms with Crippen LogP contribution < -0.4 is 0 Å². The lowest BCUT2D eigenvalue weighted by Gasteiger charge is -2.25. The molecule has 4 N–H and O–H groups in total. The molecule has 0 radical (unpaired) electrons. The first-order valence-electron chi connectivity index (χ1n) is 6.38. The molecule has 0 aliphatic heterocycles. The maximum Gasteiger partial charge on any atom is 0.0599 e. The molecule has 0 rings (SSSR count). The maximum atomic E-state index is 8.84. The Labute approximate surface area is 199 Å². The van der Waals surface area contributed by atoms with E-state index in [9.17, 15) is 0 Å². The molecule has 0 atom stereocenters. The van der Waals surface area contributed by atoms with Crippen molar-refractivity contribution in [3.05, 3.63) is 0 Å². The molecule has 0 spiro atoms. The Morgan fingerprint density at radius 2 is 0.900 bits per heavy atom. The van der Waals surface area contributed by atoms with Gasteiger partial charge < -0.3 is 20.6 Å². The van der Waals surface area contributed by atoms with Crippen LogP contribution in [0.2, 0.25) is 0 Å². The topological polar surface area (TPSA) is 78.4 Å². The first-order valence-corrected chi connectivity index (χ1v) is 6.38. The third-order valence-electron chi connectivity index (χ3n) is 2.76. The van der Waals surface area contributed by atoms with E-state index >= 15 is 0 Å². The highest BCUT2D eigenvalue weighted by Gasteiger charge is 2.06. The zero-order valence-corrected chi connectivity index (χ0v) is 11.4. The third kappa shape index (κ3) is 63.1. The van der Waals surface area contributed by atoms with E-state index in [-0.39, 0.29) is 108 Å². The smallest absolute Gasteiger partial charge is 0.0599 e. The first-order chi connectivity index (χ1) is 8.28. The van der Waals surface area contributed by atoms with E-state index in [0.717, 1.165) is 45.6 Å². The van der Waals surface area contributed by atoms with Crippen LogP contribution in [-0.2, 0) is 0 Å². The standard InChI is InChI=1S/C13H26N2O2.12CH4.H2O/c1-3-7-14(4-2)10-11-15(8-5-12-16)9-6-13-17;;;;;;;;;;;;;/h1,16-17H,4-13H2,2H3;12*1H4;1H2. The molecule has 0 aliphatic carbocycles. The van der Waals surface area contributed by atoms with E-state index < -0.39 is 0 Å². The van der Waals surface area contributed by atoms with Crippen LogP contribution in [0.1, 0.15) is 109 Å². The number of terminal acetylenes is 1. The molecule has 0 heterocycles. The second-order valence-electron chi connectivity index (χ2n) is 4.07. The summed E-state index contributed by atoms with van der Waals surface area (Å²) in [4.78, 5) is 4.48. The van der Waals surface area contributed by atoms with Crippen LogP contribution in [-0.4, -0.2) is 78.0 Å². The Morgan fingerprint density at radius 1 is 0.600 bits per heavy atom. The lowest BCUT2D eigenvalue weighted by Crippen LogP contribution is -2.36. The fraction of sp³-hybridized carbons (Fsp3) is 0.920. The Bertz CT molecular complexity index is 203. The molecule has 0 saturated heterocycles. The highest BCUT2D eigenvalue weighted by atomic mass is 16.3. The van der Waals surface area contributed by atoms with Crippen LogP contribution in [0.15, 0.2) is 0 Å². The van der Waals surface area contributed by atoms with Gasteiger partial charge in [0.25, 0.3) is 0 Å². The molecule has 0 saturated carbocycles. The molecular weight excluding hydrogens is 376 g/mol. The molecule has 0 amide bonds. The number of hydrogen-bond donors (Lipinski definition) is 2. The highest BCUT2D eigenvalue weighted by Crippen LogP contribution is 1.96. The normalized spacial score (nSPS) is 6.27. The number of rotatable bonds is 11. The van der Waals surface area contributed by atoms with Crippen LogP contribution >= 0.6 is 0 Å². The SMILES string of the molecule is C.C.C.C.C.C.C.C.C.C.C.C.C#CCN(CC)CCN(CCCO)CCCO.O. The number of nitrogens with zero attached hydrogens (tertiary/aromatic N) is 2. The van der Waals surface area contributed by atoms with Crippen molar-refractivity contribution in [3.63, 3.8) is 0 Å². The molecule has 0 aromatic rings. The van der Waals surface area contributed by atoms with Crippen molar-refractivity contribution in [3.8, 4) is 12.3 Å². The summed E-state index contributed by atoms with van der Waals surface area (Å²) < 4.78 is 0. The summed E-state index contributed by atoms with van der Waals surface area (Å²) >= 11 is 0. The van der Waals surface area contributed by atoms with E-state index in [0.29, 0.717) is 6.54 Å². The second kappa shape index (κ2) is 79.3. The predicted octanol–water partition coefficient (Wildman–Crippen LogP) is 6.82. The number of likely N-dealkylation sites (N-methyl/N-ethyl adjacent to an activating group) is 1. The summed E-state index contributed by atoms with van der Waals surface area (Å²) in [5.74, 6) is 2.66. The van der Waals surface area contributed by atoms with Crippen molar-refractivity contribution in [2.45, 2.75) is 109 Å². The average molecular weight is 453 g/mol. The summed E-state index contributed by atoms with van der Waals surface area (Å²) in [7, 11) is 0. The highest BCUT2D eigenvalue weighted by molar-refractivity contribution is 4.88. The second-order valence-corrected chi connectivity index (χ2v) is 4.07. The molecule has 204 valence electrons. The fourth-order valence-electron chi connectivity index (χ4n) is 1.68. The van der Waals surface area contributed by atoms with Crippen LogP contribution in [0, 0.1) is 12.3 Å². The van der Waals surface area contributed by atoms with Gasteiger partial charge in [0.1, 0.15) is 0 Å². The zero-order valence-electron chi connectivity index (χ0n) is 11.4. The Hall–Kier alpha value is -0.640. The van der Waals surface area contributed by atoms with Crippen LogP contribution in [0.25, 0.3) is 0 Å². The largest absolute Gasteiger partial charge is 0.412 e. The van der Waals surface area contributed by atoms with Crippen molar-refractivity contribution < 1.29 is 15.7 Å². The molecule has 0 bridgehead atoms. The molecule has 0 unspecified atom stereocenters. The van der Waals surface area contributed by atoms with Gasteiger partial charge in [-0.2, -0.15) is 0 Å². The van der Waals surface area contributed by atoms with Gasteiger partial charge >= 0.3 is 0 Å². The monoisotopic (exact) mass is 453 g/mol. The van der Waals surface area contributed by atoms with Crippen LogP contribution in [0.3, 0.4) is 0 Å². The van der Waals surface area contributed by atoms with Gasteiger partial charge in [0.15, 0.2) is 0 Å². The first kappa shape index (κ1) is 100. The molecule has 5 heteroatoms. The quantitative estimate of drug-likeness (QED) is 0.337. The number of aliphatic hydroxyl groups is 2. The maximum absolute atomic E-state index is 8.84. The van der Waals surface area contributed by atoms with Crippen LogP contribution in [0.5, 0.6) is 0 Å². The number of hydrogen-bond acceptors (Lipinski definition) is 4. The van der Waals surface area contributed by atoms with Crippen molar-refractivity contribution >= 4 is 0 Å². The van der Waals surface area contributed by atoms with Gasteiger partial charge in [-0.05, 0) is 19.4 Å².